The number of aromatic amines is 1. The molecule has 3 aromatic carbocycles. The monoisotopic (exact) mass is 479 g/mol. The number of amides is 2. The van der Waals surface area contributed by atoms with E-state index in [9.17, 15) is 9.59 Å². The van der Waals surface area contributed by atoms with Crippen LogP contribution in [0.4, 0.5) is 0 Å². The van der Waals surface area contributed by atoms with Gasteiger partial charge in [0.15, 0.2) is 0 Å². The first kappa shape index (κ1) is 23.5. The van der Waals surface area contributed by atoms with Gasteiger partial charge in [0.05, 0.1) is 17.8 Å². The molecule has 7 heteroatoms. The van der Waals surface area contributed by atoms with E-state index < -0.39 is 11.9 Å². The van der Waals surface area contributed by atoms with E-state index in [0.717, 1.165) is 33.9 Å². The van der Waals surface area contributed by atoms with Crippen molar-refractivity contribution >= 4 is 11.8 Å². The van der Waals surface area contributed by atoms with Gasteiger partial charge in [0, 0.05) is 29.8 Å². The molecule has 2 amide bonds. The second kappa shape index (κ2) is 9.79. The molecule has 5 N–H and O–H groups in total. The number of aryl methyl sites for hydroxylation is 1. The summed E-state index contributed by atoms with van der Waals surface area (Å²) in [5.74, 6) is 0.136. The number of benzene rings is 3. The van der Waals surface area contributed by atoms with Gasteiger partial charge in [0.2, 0.25) is 11.8 Å². The molecule has 0 radical (unpaired) electrons. The molecular weight excluding hydrogens is 450 g/mol. The standard InChI is InChI=1S/C29H29N5O2/c1-18-26(20-7-3-2-4-8-20)33-28(32-18)25-16-22-9-5-6-10-23(22)17-34(25)29(36)24(30)15-19-11-13-21(14-12-19)27(31)35/h2-14,24-25H,15-17,30H2,1H3,(H2,31,35)(H,32,33)/t24-,25-/m0/s1. The number of rotatable bonds is 6. The number of carbonyl (C=O) groups is 2. The molecule has 0 bridgehead atoms. The summed E-state index contributed by atoms with van der Waals surface area (Å²) in [5.41, 5.74) is 18.3. The molecule has 0 spiro atoms. The maximum Gasteiger partial charge on any atom is 0.248 e. The number of nitrogens with one attached hydrogen (secondary N) is 1. The molecular formula is C29H29N5O2. The summed E-state index contributed by atoms with van der Waals surface area (Å²) in [6, 6.07) is 24.1. The van der Waals surface area contributed by atoms with Crippen molar-refractivity contribution in [1.29, 1.82) is 0 Å². The van der Waals surface area contributed by atoms with Gasteiger partial charge < -0.3 is 21.4 Å². The number of nitrogens with zero attached hydrogens (tertiary/aromatic N) is 2. The quantitative estimate of drug-likeness (QED) is 0.391. The Hall–Kier alpha value is -4.23. The average Bonchev–Trinajstić information content (AvgIpc) is 3.29. The van der Waals surface area contributed by atoms with Crippen molar-refractivity contribution in [3.63, 3.8) is 0 Å². The van der Waals surface area contributed by atoms with E-state index in [1.165, 1.54) is 5.56 Å². The van der Waals surface area contributed by atoms with Crippen LogP contribution >= 0.6 is 0 Å². The Morgan fingerprint density at radius 2 is 1.67 bits per heavy atom. The molecule has 0 saturated heterocycles. The molecule has 36 heavy (non-hydrogen) atoms. The fraction of sp³-hybridized carbons (Fsp3) is 0.207. The van der Waals surface area contributed by atoms with Gasteiger partial charge in [-0.05, 0) is 42.2 Å². The molecule has 4 aromatic rings. The lowest BCUT2D eigenvalue weighted by atomic mass is 9.92. The van der Waals surface area contributed by atoms with Gasteiger partial charge in [-0.2, -0.15) is 0 Å². The molecule has 182 valence electrons. The Labute approximate surface area is 210 Å². The lowest BCUT2D eigenvalue weighted by Gasteiger charge is -2.37. The van der Waals surface area contributed by atoms with E-state index >= 15 is 0 Å². The van der Waals surface area contributed by atoms with Gasteiger partial charge in [-0.25, -0.2) is 4.98 Å². The van der Waals surface area contributed by atoms with E-state index in [4.69, 9.17) is 16.5 Å². The number of carbonyl (C=O) groups excluding carboxylic acids is 2. The van der Waals surface area contributed by atoms with E-state index in [1.54, 1.807) is 24.3 Å². The van der Waals surface area contributed by atoms with Crippen LogP contribution in [-0.2, 0) is 24.2 Å². The number of imidazole rings is 1. The number of nitrogens with two attached hydrogens (primary N) is 2. The number of H-pyrrole nitrogens is 1. The van der Waals surface area contributed by atoms with Crippen LogP contribution in [0.25, 0.3) is 11.3 Å². The van der Waals surface area contributed by atoms with Crippen molar-refractivity contribution in [1.82, 2.24) is 14.9 Å². The fourth-order valence-corrected chi connectivity index (χ4v) is 4.88. The summed E-state index contributed by atoms with van der Waals surface area (Å²) in [7, 11) is 0. The van der Waals surface area contributed by atoms with Crippen LogP contribution in [0, 0.1) is 6.92 Å². The van der Waals surface area contributed by atoms with Gasteiger partial charge in [-0.1, -0.05) is 66.7 Å². The lowest BCUT2D eigenvalue weighted by molar-refractivity contribution is -0.136. The van der Waals surface area contributed by atoms with E-state index in [-0.39, 0.29) is 11.9 Å². The van der Waals surface area contributed by atoms with Crippen molar-refractivity contribution in [2.75, 3.05) is 0 Å². The highest BCUT2D eigenvalue weighted by molar-refractivity contribution is 5.92. The molecule has 5 rings (SSSR count). The predicted molar refractivity (Wildman–Crippen MR) is 139 cm³/mol. The van der Waals surface area contributed by atoms with Crippen LogP contribution < -0.4 is 11.5 Å². The molecule has 7 nitrogen and oxygen atoms in total. The summed E-state index contributed by atoms with van der Waals surface area (Å²) < 4.78 is 0. The summed E-state index contributed by atoms with van der Waals surface area (Å²) in [6.45, 7) is 2.47. The highest BCUT2D eigenvalue weighted by Crippen LogP contribution is 2.34. The summed E-state index contributed by atoms with van der Waals surface area (Å²) in [6.07, 6.45) is 1.01. The van der Waals surface area contributed by atoms with Crippen molar-refractivity contribution in [3.8, 4) is 11.3 Å². The smallest absolute Gasteiger partial charge is 0.248 e. The topological polar surface area (TPSA) is 118 Å². The number of hydrogen-bond donors (Lipinski definition) is 3. The van der Waals surface area contributed by atoms with Gasteiger partial charge in [0.1, 0.15) is 5.82 Å². The predicted octanol–water partition coefficient (Wildman–Crippen LogP) is 3.68. The minimum absolute atomic E-state index is 0.135. The third kappa shape index (κ3) is 4.65. The Kier molecular flexibility index (Phi) is 6.40. The first-order chi connectivity index (χ1) is 17.4. The molecule has 1 aliphatic rings. The van der Waals surface area contributed by atoms with Crippen LogP contribution in [0.2, 0.25) is 0 Å². The Morgan fingerprint density at radius 3 is 2.36 bits per heavy atom. The highest BCUT2D eigenvalue weighted by atomic mass is 16.2. The van der Waals surface area contributed by atoms with E-state index in [2.05, 4.69) is 17.1 Å². The van der Waals surface area contributed by atoms with Gasteiger partial charge >= 0.3 is 0 Å². The zero-order valence-electron chi connectivity index (χ0n) is 20.1. The van der Waals surface area contributed by atoms with E-state index in [0.29, 0.717) is 24.9 Å². The molecule has 1 aromatic heterocycles. The molecule has 0 unspecified atom stereocenters. The summed E-state index contributed by atoms with van der Waals surface area (Å²) in [4.78, 5) is 35.3. The van der Waals surface area contributed by atoms with Crippen LogP contribution in [-0.4, -0.2) is 32.7 Å². The fourth-order valence-electron chi connectivity index (χ4n) is 4.88. The lowest BCUT2D eigenvalue weighted by Crippen LogP contribution is -2.48. The van der Waals surface area contributed by atoms with Gasteiger partial charge in [-0.3, -0.25) is 9.59 Å². The maximum absolute atomic E-state index is 13.7. The normalized spacial score (nSPS) is 15.8. The zero-order chi connectivity index (χ0) is 25.2. The highest BCUT2D eigenvalue weighted by Gasteiger charge is 2.35. The minimum Gasteiger partial charge on any atom is -0.366 e. The molecule has 0 fully saturated rings. The second-order valence-electron chi connectivity index (χ2n) is 9.29. The largest absolute Gasteiger partial charge is 0.366 e. The minimum atomic E-state index is -0.734. The molecule has 0 saturated carbocycles. The van der Waals surface area contributed by atoms with Crippen LogP contribution in [0.15, 0.2) is 78.9 Å². The van der Waals surface area contributed by atoms with Crippen molar-refractivity contribution in [2.24, 2.45) is 11.5 Å². The number of hydrogen-bond acceptors (Lipinski definition) is 4. The van der Waals surface area contributed by atoms with Gasteiger partial charge in [0.25, 0.3) is 0 Å². The number of aromatic nitrogens is 2. The third-order valence-electron chi connectivity index (χ3n) is 6.81. The second-order valence-corrected chi connectivity index (χ2v) is 9.29. The van der Waals surface area contributed by atoms with Crippen LogP contribution in [0.5, 0.6) is 0 Å². The molecule has 0 aliphatic carbocycles. The van der Waals surface area contributed by atoms with Crippen molar-refractivity contribution in [2.45, 2.75) is 38.4 Å². The van der Waals surface area contributed by atoms with Crippen LogP contribution in [0.1, 0.15) is 44.6 Å². The summed E-state index contributed by atoms with van der Waals surface area (Å²) >= 11 is 0. The zero-order valence-corrected chi connectivity index (χ0v) is 20.1. The first-order valence-corrected chi connectivity index (χ1v) is 12.0. The number of primary amides is 1. The van der Waals surface area contributed by atoms with Gasteiger partial charge in [-0.15, -0.1) is 0 Å². The van der Waals surface area contributed by atoms with E-state index in [1.807, 2.05) is 54.3 Å². The Balaban J connectivity index is 1.44. The maximum atomic E-state index is 13.7. The Morgan fingerprint density at radius 1 is 1.00 bits per heavy atom. The van der Waals surface area contributed by atoms with Crippen molar-refractivity contribution < 1.29 is 9.59 Å². The molecule has 2 heterocycles. The third-order valence-corrected chi connectivity index (χ3v) is 6.81. The molecule has 1 aliphatic heterocycles. The molecule has 2 atom stereocenters. The average molecular weight is 480 g/mol. The first-order valence-electron chi connectivity index (χ1n) is 12.0. The number of fused-ring (bicyclic) bond motifs is 1. The van der Waals surface area contributed by atoms with Crippen LogP contribution in [0.3, 0.4) is 0 Å². The SMILES string of the molecule is Cc1[nH]c([C@@H]2Cc3ccccc3CN2C(=O)[C@@H](N)Cc2ccc(C(N)=O)cc2)nc1-c1ccccc1. The van der Waals surface area contributed by atoms with Crippen molar-refractivity contribution in [3.05, 3.63) is 113 Å². The summed E-state index contributed by atoms with van der Waals surface area (Å²) in [5, 5.41) is 0. The Bertz CT molecular complexity index is 1390.